The van der Waals surface area contributed by atoms with E-state index in [4.69, 9.17) is 11.6 Å². The van der Waals surface area contributed by atoms with Crippen LogP contribution in [0.15, 0.2) is 85.1 Å². The number of nitrogens with one attached hydrogen (secondary N) is 2. The Morgan fingerprint density at radius 3 is 2.49 bits per heavy atom. The predicted molar refractivity (Wildman–Crippen MR) is 139 cm³/mol. The van der Waals surface area contributed by atoms with Crippen molar-refractivity contribution < 1.29 is 27.1 Å². The molecule has 1 aromatic heterocycles. The number of hydrogen-bond donors (Lipinski definition) is 2. The molecule has 39 heavy (non-hydrogen) atoms. The van der Waals surface area contributed by atoms with Gasteiger partial charge in [0.25, 0.3) is 0 Å². The summed E-state index contributed by atoms with van der Waals surface area (Å²) < 4.78 is 57.8. The van der Waals surface area contributed by atoms with Crippen LogP contribution in [-0.2, 0) is 12.0 Å². The van der Waals surface area contributed by atoms with Gasteiger partial charge in [0.05, 0.1) is 10.7 Å². The van der Waals surface area contributed by atoms with Crippen molar-refractivity contribution in [3.8, 4) is 5.75 Å². The van der Waals surface area contributed by atoms with Crippen LogP contribution in [0.2, 0.25) is 5.02 Å². The zero-order valence-corrected chi connectivity index (χ0v) is 21.4. The topological polar surface area (TPSA) is 63.2 Å². The molecular weight excluding hydrogens is 534 g/mol. The van der Waals surface area contributed by atoms with Gasteiger partial charge in [0.1, 0.15) is 11.3 Å². The molecule has 10 heteroatoms. The third-order valence-corrected chi connectivity index (χ3v) is 7.46. The second-order valence-electron chi connectivity index (χ2n) is 9.91. The third-order valence-electron chi connectivity index (χ3n) is 7.23. The number of ether oxygens (including phenoxy) is 1. The maximum Gasteiger partial charge on any atom is 0.461 e. The molecule has 4 atom stereocenters. The highest BCUT2D eigenvalue weighted by atomic mass is 35.5. The molecule has 0 radical (unpaired) electrons. The normalized spacial score (nSPS) is 21.5. The maximum absolute atomic E-state index is 13.8. The summed E-state index contributed by atoms with van der Waals surface area (Å²) in [6, 6.07) is 17.3. The highest BCUT2D eigenvalue weighted by Gasteiger charge is 2.45. The molecule has 2 aromatic carbocycles. The van der Waals surface area contributed by atoms with Gasteiger partial charge in [0, 0.05) is 18.7 Å². The molecule has 0 spiro atoms. The first-order valence-electron chi connectivity index (χ1n) is 12.5. The molecule has 2 aliphatic carbocycles. The minimum atomic E-state index is -4.70. The van der Waals surface area contributed by atoms with Crippen molar-refractivity contribution in [3.63, 3.8) is 0 Å². The van der Waals surface area contributed by atoms with Crippen molar-refractivity contribution in [2.24, 2.45) is 11.8 Å². The summed E-state index contributed by atoms with van der Waals surface area (Å²) >= 11 is 6.11. The van der Waals surface area contributed by atoms with Crippen LogP contribution in [0.5, 0.6) is 5.75 Å². The lowest BCUT2D eigenvalue weighted by Crippen LogP contribution is -2.54. The van der Waals surface area contributed by atoms with Crippen LogP contribution >= 0.6 is 11.6 Å². The standard InChI is InChI=1S/C29H26ClF4N3O2/c30-22-11-12-25(35-17-22)28(16-18-5-2-1-3-6-18,37-27(38)36-24-14-19-9-10-20(24)13-19)21-7-4-8-23(15-21)39-29(33,34)26(31)32/h1-12,15,17,19-20,24,26H,13-14,16H2,(H2,36,37,38)/t19-,20+,24-,28+/m1/s1. The van der Waals surface area contributed by atoms with Gasteiger partial charge in [-0.3, -0.25) is 4.98 Å². The van der Waals surface area contributed by atoms with Gasteiger partial charge in [-0.25, -0.2) is 4.79 Å². The number of rotatable bonds is 9. The van der Waals surface area contributed by atoms with Gasteiger partial charge in [-0.2, -0.15) is 17.6 Å². The average molecular weight is 560 g/mol. The molecule has 2 amide bonds. The second-order valence-corrected chi connectivity index (χ2v) is 10.3. The van der Waals surface area contributed by atoms with Crippen LogP contribution in [0, 0.1) is 11.8 Å². The summed E-state index contributed by atoms with van der Waals surface area (Å²) in [5.74, 6) is 0.188. The Hall–Kier alpha value is -3.59. The minimum absolute atomic E-state index is 0.0491. The van der Waals surface area contributed by atoms with E-state index in [2.05, 4.69) is 32.5 Å². The van der Waals surface area contributed by atoms with E-state index in [-0.39, 0.29) is 18.4 Å². The fraction of sp³-hybridized carbons (Fsp3) is 0.310. The SMILES string of the molecule is O=C(N[C@@H]1C[C@@H]2C=C[C@H]1C2)N[C@@](Cc1ccccc1)(c1cccc(OC(F)(F)C(F)F)c1)c1ccc(Cl)cn1. The van der Waals surface area contributed by atoms with Crippen LogP contribution in [0.4, 0.5) is 22.4 Å². The molecule has 0 saturated heterocycles. The summed E-state index contributed by atoms with van der Waals surface area (Å²) in [5.41, 5.74) is 0.0908. The number of benzene rings is 2. The molecule has 2 bridgehead atoms. The molecule has 1 heterocycles. The van der Waals surface area contributed by atoms with Crippen molar-refractivity contribution >= 4 is 17.6 Å². The lowest BCUT2D eigenvalue weighted by molar-refractivity contribution is -0.253. The van der Waals surface area contributed by atoms with E-state index in [0.717, 1.165) is 24.5 Å². The number of hydrogen-bond acceptors (Lipinski definition) is 3. The number of amides is 2. The number of carbonyl (C=O) groups is 1. The monoisotopic (exact) mass is 559 g/mol. The first-order chi connectivity index (χ1) is 18.6. The van der Waals surface area contributed by atoms with Gasteiger partial charge in [-0.15, -0.1) is 0 Å². The fourth-order valence-electron chi connectivity index (χ4n) is 5.42. The highest BCUT2D eigenvalue weighted by molar-refractivity contribution is 6.30. The van der Waals surface area contributed by atoms with E-state index in [1.165, 1.54) is 18.3 Å². The van der Waals surface area contributed by atoms with E-state index >= 15 is 0 Å². The second kappa shape index (κ2) is 10.9. The van der Waals surface area contributed by atoms with Gasteiger partial charge in [-0.05, 0) is 60.1 Å². The number of urea groups is 1. The quantitative estimate of drug-likeness (QED) is 0.226. The summed E-state index contributed by atoms with van der Waals surface area (Å²) in [6.07, 6.45) is -1.04. The van der Waals surface area contributed by atoms with Crippen molar-refractivity contribution in [1.29, 1.82) is 0 Å². The van der Waals surface area contributed by atoms with E-state index in [1.807, 2.05) is 30.3 Å². The largest absolute Gasteiger partial charge is 0.461 e. The number of fused-ring (bicyclic) bond motifs is 2. The number of nitrogens with zero attached hydrogens (tertiary/aromatic N) is 1. The van der Waals surface area contributed by atoms with Gasteiger partial charge in [-0.1, -0.05) is 66.2 Å². The zero-order chi connectivity index (χ0) is 27.6. The van der Waals surface area contributed by atoms with Gasteiger partial charge >= 0.3 is 18.6 Å². The number of aromatic nitrogens is 1. The summed E-state index contributed by atoms with van der Waals surface area (Å²) in [7, 11) is 0. The third kappa shape index (κ3) is 5.88. The molecule has 1 saturated carbocycles. The van der Waals surface area contributed by atoms with Gasteiger partial charge in [0.2, 0.25) is 0 Å². The fourth-order valence-corrected chi connectivity index (χ4v) is 5.53. The number of alkyl halides is 4. The Labute approximate surface area is 228 Å². The summed E-state index contributed by atoms with van der Waals surface area (Å²) in [5, 5.41) is 6.48. The Kier molecular flexibility index (Phi) is 7.53. The summed E-state index contributed by atoms with van der Waals surface area (Å²) in [4.78, 5) is 18.0. The van der Waals surface area contributed by atoms with Crippen LogP contribution in [-0.4, -0.2) is 29.6 Å². The molecule has 5 nitrogen and oxygen atoms in total. The molecule has 3 aromatic rings. The maximum atomic E-state index is 13.8. The number of allylic oxidation sites excluding steroid dienone is 1. The molecule has 0 aliphatic heterocycles. The van der Waals surface area contributed by atoms with E-state index in [0.29, 0.717) is 22.2 Å². The van der Waals surface area contributed by atoms with Crippen molar-refractivity contribution in [2.45, 2.75) is 43.4 Å². The molecular formula is C29H26ClF4N3O2. The van der Waals surface area contributed by atoms with Gasteiger partial charge in [0.15, 0.2) is 0 Å². The Morgan fingerprint density at radius 2 is 1.85 bits per heavy atom. The lowest BCUT2D eigenvalue weighted by Gasteiger charge is -2.36. The van der Waals surface area contributed by atoms with Gasteiger partial charge < -0.3 is 15.4 Å². The van der Waals surface area contributed by atoms with Crippen LogP contribution in [0.25, 0.3) is 0 Å². The molecule has 204 valence electrons. The molecule has 2 N–H and O–H groups in total. The van der Waals surface area contributed by atoms with Crippen LogP contribution in [0.1, 0.15) is 29.7 Å². The van der Waals surface area contributed by atoms with Crippen molar-refractivity contribution in [2.75, 3.05) is 0 Å². The molecule has 5 rings (SSSR count). The number of pyridine rings is 1. The van der Waals surface area contributed by atoms with Crippen molar-refractivity contribution in [1.82, 2.24) is 15.6 Å². The lowest BCUT2D eigenvalue weighted by atomic mass is 9.80. The highest BCUT2D eigenvalue weighted by Crippen LogP contribution is 2.40. The van der Waals surface area contributed by atoms with E-state index < -0.39 is 29.9 Å². The zero-order valence-electron chi connectivity index (χ0n) is 20.7. The predicted octanol–water partition coefficient (Wildman–Crippen LogP) is 6.72. The molecule has 0 unspecified atom stereocenters. The minimum Gasteiger partial charge on any atom is -0.428 e. The van der Waals surface area contributed by atoms with E-state index in [9.17, 15) is 22.4 Å². The number of carbonyl (C=O) groups excluding carboxylic acids is 1. The Balaban J connectivity index is 1.57. The molecule has 2 aliphatic rings. The first-order valence-corrected chi connectivity index (χ1v) is 12.9. The Morgan fingerprint density at radius 1 is 1.05 bits per heavy atom. The molecule has 1 fully saturated rings. The smallest absolute Gasteiger partial charge is 0.428 e. The number of halogens is 5. The summed E-state index contributed by atoms with van der Waals surface area (Å²) in [6.45, 7) is 0. The van der Waals surface area contributed by atoms with Crippen molar-refractivity contribution in [3.05, 3.63) is 107 Å². The average Bonchev–Trinajstić information content (AvgIpc) is 3.52. The Bertz CT molecular complexity index is 1340. The van der Waals surface area contributed by atoms with E-state index in [1.54, 1.807) is 18.2 Å². The van der Waals surface area contributed by atoms with Crippen LogP contribution in [0.3, 0.4) is 0 Å². The first kappa shape index (κ1) is 27.0. The van der Waals surface area contributed by atoms with Crippen LogP contribution < -0.4 is 15.4 Å².